The highest BCUT2D eigenvalue weighted by Gasteiger charge is 2.38. The molecule has 2 fully saturated rings. The van der Waals surface area contributed by atoms with Crippen LogP contribution in [-0.2, 0) is 9.53 Å². The topological polar surface area (TPSA) is 55.6 Å². The second-order valence-electron chi connectivity index (χ2n) is 5.26. The number of thiophene rings is 1. The molecule has 1 aromatic heterocycles. The second kappa shape index (κ2) is 5.61. The first-order valence-corrected chi connectivity index (χ1v) is 7.87. The van der Waals surface area contributed by atoms with E-state index in [9.17, 15) is 4.79 Å². The van der Waals surface area contributed by atoms with Crippen molar-refractivity contribution in [1.29, 1.82) is 0 Å². The van der Waals surface area contributed by atoms with E-state index in [0.29, 0.717) is 6.54 Å². The van der Waals surface area contributed by atoms with Crippen LogP contribution in [0.2, 0.25) is 0 Å². The van der Waals surface area contributed by atoms with Crippen LogP contribution >= 0.6 is 11.3 Å². The van der Waals surface area contributed by atoms with Crippen molar-refractivity contribution in [3.63, 3.8) is 0 Å². The highest BCUT2D eigenvalue weighted by Crippen LogP contribution is 2.36. The average molecular weight is 280 g/mol. The Kier molecular flexibility index (Phi) is 3.86. The lowest BCUT2D eigenvalue weighted by atomic mass is 10.1. The van der Waals surface area contributed by atoms with E-state index < -0.39 is 0 Å². The standard InChI is InChI=1S/C14H20N2O2S/c15-9-10-5-6-12(18-10)14(17)16-7-1-3-11(16)13-4-2-8-19-13/h2,4,8,10-12H,1,3,5-7,9,15H2. The monoisotopic (exact) mass is 280 g/mol. The molecule has 3 unspecified atom stereocenters. The lowest BCUT2D eigenvalue weighted by Crippen LogP contribution is -2.39. The van der Waals surface area contributed by atoms with E-state index in [1.54, 1.807) is 11.3 Å². The lowest BCUT2D eigenvalue weighted by Gasteiger charge is -2.26. The molecule has 0 bridgehead atoms. The van der Waals surface area contributed by atoms with Crippen molar-refractivity contribution in [2.45, 2.75) is 43.9 Å². The Morgan fingerprint density at radius 2 is 2.37 bits per heavy atom. The van der Waals surface area contributed by atoms with Gasteiger partial charge in [-0.1, -0.05) is 6.07 Å². The molecule has 19 heavy (non-hydrogen) atoms. The summed E-state index contributed by atoms with van der Waals surface area (Å²) in [5.41, 5.74) is 5.61. The van der Waals surface area contributed by atoms with Crippen LogP contribution in [0.25, 0.3) is 0 Å². The number of carbonyl (C=O) groups excluding carboxylic acids is 1. The van der Waals surface area contributed by atoms with E-state index in [4.69, 9.17) is 10.5 Å². The fourth-order valence-corrected chi connectivity index (χ4v) is 3.93. The number of nitrogens with two attached hydrogens (primary N) is 1. The molecule has 3 rings (SSSR count). The molecule has 1 amide bonds. The van der Waals surface area contributed by atoms with Gasteiger partial charge in [0.1, 0.15) is 6.10 Å². The molecule has 0 saturated carbocycles. The molecule has 1 aromatic rings. The van der Waals surface area contributed by atoms with Gasteiger partial charge in [0.2, 0.25) is 0 Å². The third-order valence-corrected chi connectivity index (χ3v) is 5.03. The van der Waals surface area contributed by atoms with E-state index in [1.807, 2.05) is 4.90 Å². The summed E-state index contributed by atoms with van der Waals surface area (Å²) in [5, 5.41) is 2.08. The number of amides is 1. The van der Waals surface area contributed by atoms with Gasteiger partial charge in [-0.05, 0) is 37.1 Å². The van der Waals surface area contributed by atoms with Gasteiger partial charge in [-0.25, -0.2) is 0 Å². The zero-order chi connectivity index (χ0) is 13.2. The smallest absolute Gasteiger partial charge is 0.252 e. The normalized spacial score (nSPS) is 31.0. The minimum atomic E-state index is -0.269. The number of carbonyl (C=O) groups is 1. The van der Waals surface area contributed by atoms with Crippen LogP contribution in [0, 0.1) is 0 Å². The van der Waals surface area contributed by atoms with Crippen molar-refractivity contribution in [2.75, 3.05) is 13.1 Å². The minimum absolute atomic E-state index is 0.0664. The summed E-state index contributed by atoms with van der Waals surface area (Å²) in [7, 11) is 0. The minimum Gasteiger partial charge on any atom is -0.364 e. The predicted molar refractivity (Wildman–Crippen MR) is 75.0 cm³/mol. The molecule has 2 aliphatic rings. The third kappa shape index (κ3) is 2.55. The van der Waals surface area contributed by atoms with Gasteiger partial charge in [0.15, 0.2) is 0 Å². The Balaban J connectivity index is 1.69. The SMILES string of the molecule is NCC1CCC(C(=O)N2CCCC2c2cccs2)O1. The number of hydrogen-bond acceptors (Lipinski definition) is 4. The molecule has 2 N–H and O–H groups in total. The quantitative estimate of drug-likeness (QED) is 0.920. The molecule has 2 saturated heterocycles. The molecule has 0 spiro atoms. The van der Waals surface area contributed by atoms with Crippen LogP contribution in [0.15, 0.2) is 17.5 Å². The summed E-state index contributed by atoms with van der Waals surface area (Å²) >= 11 is 1.73. The maximum absolute atomic E-state index is 12.6. The molecule has 5 heteroatoms. The van der Waals surface area contributed by atoms with Gasteiger partial charge >= 0.3 is 0 Å². The van der Waals surface area contributed by atoms with Crippen LogP contribution in [0.1, 0.15) is 36.6 Å². The molecule has 0 radical (unpaired) electrons. The summed E-state index contributed by atoms with van der Waals surface area (Å²) in [4.78, 5) is 15.9. The predicted octanol–water partition coefficient (Wildman–Crippen LogP) is 1.92. The Bertz CT molecular complexity index is 435. The average Bonchev–Trinajstić information content (AvgIpc) is 3.16. The van der Waals surface area contributed by atoms with E-state index in [2.05, 4.69) is 17.5 Å². The van der Waals surface area contributed by atoms with Crippen LogP contribution in [0.3, 0.4) is 0 Å². The first-order chi connectivity index (χ1) is 9.29. The van der Waals surface area contributed by atoms with Gasteiger partial charge in [-0.2, -0.15) is 0 Å². The molecule has 104 valence electrons. The maximum Gasteiger partial charge on any atom is 0.252 e. The van der Waals surface area contributed by atoms with Crippen molar-refractivity contribution in [3.8, 4) is 0 Å². The van der Waals surface area contributed by atoms with E-state index in [0.717, 1.165) is 32.2 Å². The zero-order valence-electron chi connectivity index (χ0n) is 11.0. The second-order valence-corrected chi connectivity index (χ2v) is 6.24. The van der Waals surface area contributed by atoms with Crippen molar-refractivity contribution >= 4 is 17.2 Å². The van der Waals surface area contributed by atoms with Crippen LogP contribution in [0.4, 0.5) is 0 Å². The van der Waals surface area contributed by atoms with Crippen LogP contribution in [-0.4, -0.2) is 36.1 Å². The molecular weight excluding hydrogens is 260 g/mol. The van der Waals surface area contributed by atoms with Gasteiger partial charge in [0.05, 0.1) is 12.1 Å². The highest BCUT2D eigenvalue weighted by molar-refractivity contribution is 7.10. The number of ether oxygens (including phenoxy) is 1. The van der Waals surface area contributed by atoms with E-state index in [1.165, 1.54) is 4.88 Å². The lowest BCUT2D eigenvalue weighted by molar-refractivity contribution is -0.143. The molecule has 2 aliphatic heterocycles. The van der Waals surface area contributed by atoms with Crippen molar-refractivity contribution in [2.24, 2.45) is 5.73 Å². The van der Waals surface area contributed by atoms with E-state index >= 15 is 0 Å². The summed E-state index contributed by atoms with van der Waals surface area (Å²) in [5.74, 6) is 0.159. The molecular formula is C14H20N2O2S. The molecule has 3 heterocycles. The van der Waals surface area contributed by atoms with Crippen LogP contribution in [0.5, 0.6) is 0 Å². The van der Waals surface area contributed by atoms with Crippen LogP contribution < -0.4 is 5.73 Å². The molecule has 0 aromatic carbocycles. The maximum atomic E-state index is 12.6. The first kappa shape index (κ1) is 13.1. The number of rotatable bonds is 3. The van der Waals surface area contributed by atoms with Gasteiger partial charge in [-0.15, -0.1) is 11.3 Å². The van der Waals surface area contributed by atoms with Crippen molar-refractivity contribution < 1.29 is 9.53 Å². The summed E-state index contributed by atoms with van der Waals surface area (Å²) in [6.45, 7) is 1.37. The number of hydrogen-bond donors (Lipinski definition) is 1. The van der Waals surface area contributed by atoms with Gasteiger partial charge < -0.3 is 15.4 Å². The Morgan fingerprint density at radius 1 is 1.47 bits per heavy atom. The Morgan fingerprint density at radius 3 is 3.05 bits per heavy atom. The summed E-state index contributed by atoms with van der Waals surface area (Å²) in [6.07, 6.45) is 3.67. The largest absolute Gasteiger partial charge is 0.364 e. The van der Waals surface area contributed by atoms with E-state index in [-0.39, 0.29) is 24.2 Å². The number of nitrogens with zero attached hydrogens (tertiary/aromatic N) is 1. The first-order valence-electron chi connectivity index (χ1n) is 6.99. The van der Waals surface area contributed by atoms with Crippen molar-refractivity contribution in [3.05, 3.63) is 22.4 Å². The third-order valence-electron chi connectivity index (χ3n) is 4.05. The zero-order valence-corrected chi connectivity index (χ0v) is 11.8. The molecule has 4 nitrogen and oxygen atoms in total. The fraction of sp³-hybridized carbons (Fsp3) is 0.643. The molecule has 3 atom stereocenters. The van der Waals surface area contributed by atoms with Gasteiger partial charge in [0.25, 0.3) is 5.91 Å². The summed E-state index contributed by atoms with van der Waals surface area (Å²) in [6, 6.07) is 4.43. The fourth-order valence-electron chi connectivity index (χ4n) is 3.05. The molecule has 0 aliphatic carbocycles. The van der Waals surface area contributed by atoms with Gasteiger partial charge in [-0.3, -0.25) is 4.79 Å². The van der Waals surface area contributed by atoms with Gasteiger partial charge in [0, 0.05) is 18.0 Å². The number of likely N-dealkylation sites (tertiary alicyclic amines) is 1. The highest BCUT2D eigenvalue weighted by atomic mass is 32.1. The van der Waals surface area contributed by atoms with Crippen molar-refractivity contribution in [1.82, 2.24) is 4.90 Å². The Labute approximate surface area is 117 Å². The Hall–Kier alpha value is -0.910. The summed E-state index contributed by atoms with van der Waals surface area (Å²) < 4.78 is 5.74.